The van der Waals surface area contributed by atoms with Crippen LogP contribution in [0.1, 0.15) is 37.1 Å². The Labute approximate surface area is 150 Å². The van der Waals surface area contributed by atoms with Crippen LogP contribution >= 0.6 is 27.5 Å². The van der Waals surface area contributed by atoms with Crippen LogP contribution in [-0.4, -0.2) is 12.5 Å². The molecule has 0 bridgehead atoms. The Morgan fingerprint density at radius 3 is 2.13 bits per heavy atom. The molecule has 0 aliphatic heterocycles. The van der Waals surface area contributed by atoms with Gasteiger partial charge >= 0.3 is 0 Å². The third-order valence-electron chi connectivity index (χ3n) is 3.69. The molecule has 0 fully saturated rings. The second-order valence-electron chi connectivity index (χ2n) is 5.49. The summed E-state index contributed by atoms with van der Waals surface area (Å²) in [5.41, 5.74) is 2.18. The minimum absolute atomic E-state index is 0.0248. The highest BCUT2D eigenvalue weighted by atomic mass is 79.9. The Kier molecular flexibility index (Phi) is 6.63. The molecule has 0 saturated carbocycles. The molecule has 1 amide bonds. The maximum absolute atomic E-state index is 12.1. The number of rotatable bonds is 6. The van der Waals surface area contributed by atoms with Gasteiger partial charge in [-0.2, -0.15) is 0 Å². The molecular formula is C18H20BrClN2O. The molecule has 0 saturated heterocycles. The molecule has 2 atom stereocenters. The maximum atomic E-state index is 12.1. The zero-order valence-electron chi connectivity index (χ0n) is 13.1. The van der Waals surface area contributed by atoms with E-state index in [-0.39, 0.29) is 24.5 Å². The Bertz CT molecular complexity index is 643. The highest BCUT2D eigenvalue weighted by Gasteiger charge is 2.11. The highest BCUT2D eigenvalue weighted by molar-refractivity contribution is 9.10. The fourth-order valence-electron chi connectivity index (χ4n) is 2.24. The SMILES string of the molecule is C[C@H](NC(=O)CN[C@H](C)c1ccc(Cl)cc1)c1ccc(Br)cc1. The Hall–Kier alpha value is -1.36. The van der Waals surface area contributed by atoms with Crippen molar-refractivity contribution in [2.45, 2.75) is 25.9 Å². The minimum Gasteiger partial charge on any atom is -0.348 e. The highest BCUT2D eigenvalue weighted by Crippen LogP contribution is 2.17. The van der Waals surface area contributed by atoms with Crippen LogP contribution < -0.4 is 10.6 Å². The standard InChI is InChI=1S/C18H20BrClN2O/c1-12(14-5-9-17(20)10-6-14)21-11-18(23)22-13(2)15-3-7-16(19)8-4-15/h3-10,12-13,21H,11H2,1-2H3,(H,22,23)/t12-,13+/m1/s1. The summed E-state index contributed by atoms with van der Waals surface area (Å²) in [6, 6.07) is 15.6. The third-order valence-corrected chi connectivity index (χ3v) is 4.47. The minimum atomic E-state index is -0.0266. The van der Waals surface area contributed by atoms with Crippen molar-refractivity contribution in [3.8, 4) is 0 Å². The second kappa shape index (κ2) is 8.48. The molecule has 0 aliphatic rings. The van der Waals surface area contributed by atoms with E-state index in [4.69, 9.17) is 11.6 Å². The van der Waals surface area contributed by atoms with Gasteiger partial charge in [-0.1, -0.05) is 51.8 Å². The zero-order chi connectivity index (χ0) is 16.8. The van der Waals surface area contributed by atoms with E-state index in [1.165, 1.54) is 0 Å². The number of carbonyl (C=O) groups is 1. The van der Waals surface area contributed by atoms with E-state index in [0.29, 0.717) is 5.02 Å². The van der Waals surface area contributed by atoms with E-state index in [2.05, 4.69) is 26.6 Å². The number of nitrogens with one attached hydrogen (secondary N) is 2. The van der Waals surface area contributed by atoms with Crippen molar-refractivity contribution in [3.63, 3.8) is 0 Å². The predicted molar refractivity (Wildman–Crippen MR) is 98.6 cm³/mol. The molecule has 2 N–H and O–H groups in total. The number of benzene rings is 2. The molecule has 2 aromatic carbocycles. The molecule has 122 valence electrons. The van der Waals surface area contributed by atoms with E-state index in [1.54, 1.807) is 0 Å². The molecule has 23 heavy (non-hydrogen) atoms. The van der Waals surface area contributed by atoms with Crippen LogP contribution in [0.3, 0.4) is 0 Å². The fourth-order valence-corrected chi connectivity index (χ4v) is 2.63. The molecule has 5 heteroatoms. The van der Waals surface area contributed by atoms with Crippen LogP contribution in [0.4, 0.5) is 0 Å². The van der Waals surface area contributed by atoms with Gasteiger partial charge in [0.25, 0.3) is 0 Å². The first-order valence-corrected chi connectivity index (χ1v) is 8.66. The van der Waals surface area contributed by atoms with Gasteiger partial charge in [-0.25, -0.2) is 0 Å². The number of hydrogen-bond acceptors (Lipinski definition) is 2. The van der Waals surface area contributed by atoms with Gasteiger partial charge < -0.3 is 10.6 Å². The molecular weight excluding hydrogens is 376 g/mol. The number of halogens is 2. The van der Waals surface area contributed by atoms with E-state index in [9.17, 15) is 4.79 Å². The van der Waals surface area contributed by atoms with Crippen LogP contribution in [0.15, 0.2) is 53.0 Å². The molecule has 0 aromatic heterocycles. The molecule has 0 radical (unpaired) electrons. The van der Waals surface area contributed by atoms with Crippen molar-refractivity contribution in [3.05, 3.63) is 69.2 Å². The van der Waals surface area contributed by atoms with Crippen molar-refractivity contribution < 1.29 is 4.79 Å². The van der Waals surface area contributed by atoms with Gasteiger partial charge in [0.2, 0.25) is 5.91 Å². The predicted octanol–water partition coefficient (Wildman–Crippen LogP) is 4.63. The number of carbonyl (C=O) groups excluding carboxylic acids is 1. The second-order valence-corrected chi connectivity index (χ2v) is 6.85. The lowest BCUT2D eigenvalue weighted by Crippen LogP contribution is -2.36. The quantitative estimate of drug-likeness (QED) is 0.748. The summed E-state index contributed by atoms with van der Waals surface area (Å²) >= 11 is 9.29. The van der Waals surface area contributed by atoms with Gasteiger partial charge in [0.15, 0.2) is 0 Å². The van der Waals surface area contributed by atoms with E-state index in [1.807, 2.05) is 62.4 Å². The number of hydrogen-bond donors (Lipinski definition) is 2. The topological polar surface area (TPSA) is 41.1 Å². The molecule has 0 unspecified atom stereocenters. The van der Waals surface area contributed by atoms with Gasteiger partial charge in [0.05, 0.1) is 12.6 Å². The lowest BCUT2D eigenvalue weighted by Gasteiger charge is -2.17. The summed E-state index contributed by atoms with van der Waals surface area (Å²) in [7, 11) is 0. The largest absolute Gasteiger partial charge is 0.348 e. The molecule has 0 spiro atoms. The first kappa shape index (κ1) is 18.0. The summed E-state index contributed by atoms with van der Waals surface area (Å²) in [5, 5.41) is 6.93. The normalized spacial score (nSPS) is 13.4. The molecule has 2 aromatic rings. The maximum Gasteiger partial charge on any atom is 0.234 e. The summed E-state index contributed by atoms with van der Waals surface area (Å²) in [6.07, 6.45) is 0. The summed E-state index contributed by atoms with van der Waals surface area (Å²) in [4.78, 5) is 12.1. The van der Waals surface area contributed by atoms with Crippen LogP contribution in [0.5, 0.6) is 0 Å². The Morgan fingerprint density at radius 1 is 1.00 bits per heavy atom. The van der Waals surface area contributed by atoms with Crippen LogP contribution in [0.25, 0.3) is 0 Å². The van der Waals surface area contributed by atoms with Crippen molar-refractivity contribution in [2.24, 2.45) is 0 Å². The van der Waals surface area contributed by atoms with Gasteiger partial charge in [0.1, 0.15) is 0 Å². The monoisotopic (exact) mass is 394 g/mol. The van der Waals surface area contributed by atoms with E-state index < -0.39 is 0 Å². The van der Waals surface area contributed by atoms with Gasteiger partial charge in [-0.15, -0.1) is 0 Å². The Morgan fingerprint density at radius 2 is 1.52 bits per heavy atom. The number of amides is 1. The lowest BCUT2D eigenvalue weighted by atomic mass is 10.1. The summed E-state index contributed by atoms with van der Waals surface area (Å²) < 4.78 is 1.03. The van der Waals surface area contributed by atoms with Crippen molar-refractivity contribution in [2.75, 3.05) is 6.54 Å². The van der Waals surface area contributed by atoms with Crippen molar-refractivity contribution >= 4 is 33.4 Å². The lowest BCUT2D eigenvalue weighted by molar-refractivity contribution is -0.121. The van der Waals surface area contributed by atoms with E-state index in [0.717, 1.165) is 15.6 Å². The van der Waals surface area contributed by atoms with Gasteiger partial charge in [0, 0.05) is 15.5 Å². The van der Waals surface area contributed by atoms with Crippen molar-refractivity contribution in [1.82, 2.24) is 10.6 Å². The molecule has 2 rings (SSSR count). The van der Waals surface area contributed by atoms with Crippen molar-refractivity contribution in [1.29, 1.82) is 0 Å². The molecule has 3 nitrogen and oxygen atoms in total. The first-order chi connectivity index (χ1) is 11.0. The summed E-state index contributed by atoms with van der Waals surface area (Å²) in [5.74, 6) is -0.0266. The summed E-state index contributed by atoms with van der Waals surface area (Å²) in [6.45, 7) is 4.27. The van der Waals surface area contributed by atoms with Crippen LogP contribution in [0, 0.1) is 0 Å². The first-order valence-electron chi connectivity index (χ1n) is 7.49. The van der Waals surface area contributed by atoms with Crippen LogP contribution in [-0.2, 0) is 4.79 Å². The fraction of sp³-hybridized carbons (Fsp3) is 0.278. The van der Waals surface area contributed by atoms with Gasteiger partial charge in [-0.3, -0.25) is 4.79 Å². The molecule has 0 aliphatic carbocycles. The van der Waals surface area contributed by atoms with E-state index >= 15 is 0 Å². The smallest absolute Gasteiger partial charge is 0.234 e. The third kappa shape index (κ3) is 5.65. The average molecular weight is 396 g/mol. The van der Waals surface area contributed by atoms with Crippen LogP contribution in [0.2, 0.25) is 5.02 Å². The average Bonchev–Trinajstić information content (AvgIpc) is 2.54. The molecule has 0 heterocycles. The zero-order valence-corrected chi connectivity index (χ0v) is 15.5. The van der Waals surface area contributed by atoms with Gasteiger partial charge in [-0.05, 0) is 49.2 Å². The Balaban J connectivity index is 1.82.